The number of anilines is 1. The Morgan fingerprint density at radius 2 is 1.90 bits per heavy atom. The zero-order valence-electron chi connectivity index (χ0n) is 17.4. The molecule has 162 valence electrons. The van der Waals surface area contributed by atoms with Crippen molar-refractivity contribution in [2.75, 3.05) is 58.3 Å². The van der Waals surface area contributed by atoms with Crippen molar-refractivity contribution >= 4 is 41.5 Å². The lowest BCUT2D eigenvalue weighted by Gasteiger charge is -2.37. The summed E-state index contributed by atoms with van der Waals surface area (Å²) in [6.45, 7) is 4.68. The minimum absolute atomic E-state index is 0. The van der Waals surface area contributed by atoms with Gasteiger partial charge in [0.05, 0.1) is 12.7 Å². The van der Waals surface area contributed by atoms with Crippen LogP contribution in [-0.4, -0.2) is 75.2 Å². The first kappa shape index (κ1) is 23.7. The predicted molar refractivity (Wildman–Crippen MR) is 130 cm³/mol. The van der Waals surface area contributed by atoms with E-state index in [1.807, 2.05) is 12.1 Å². The molecule has 1 aliphatic heterocycles. The van der Waals surface area contributed by atoms with Crippen molar-refractivity contribution in [2.45, 2.75) is 0 Å². The summed E-state index contributed by atoms with van der Waals surface area (Å²) in [6, 6.07) is 11.6. The van der Waals surface area contributed by atoms with E-state index in [2.05, 4.69) is 42.5 Å². The van der Waals surface area contributed by atoms with Crippen LogP contribution in [-0.2, 0) is 0 Å². The lowest BCUT2D eigenvalue weighted by atomic mass is 10.2. The second kappa shape index (κ2) is 12.2. The zero-order valence-corrected chi connectivity index (χ0v) is 19.7. The Labute approximate surface area is 194 Å². The van der Waals surface area contributed by atoms with Gasteiger partial charge in [0.1, 0.15) is 5.75 Å². The number of piperazine rings is 1. The first-order valence-electron chi connectivity index (χ1n) is 9.74. The predicted octanol–water partition coefficient (Wildman–Crippen LogP) is 1.84. The molecule has 0 radical (unpaired) electrons. The molecule has 0 aliphatic carbocycles. The Morgan fingerprint density at radius 3 is 2.57 bits per heavy atom. The van der Waals surface area contributed by atoms with E-state index in [9.17, 15) is 4.79 Å². The molecule has 0 saturated carbocycles. The van der Waals surface area contributed by atoms with Gasteiger partial charge in [0.25, 0.3) is 5.91 Å². The second-order valence-electron chi connectivity index (χ2n) is 6.65. The summed E-state index contributed by atoms with van der Waals surface area (Å²) in [6.07, 6.45) is 3.21. The summed E-state index contributed by atoms with van der Waals surface area (Å²) in [5.74, 6) is 1.60. The number of hydrogen-bond donors (Lipinski definition) is 2. The maximum atomic E-state index is 12.0. The summed E-state index contributed by atoms with van der Waals surface area (Å²) in [5.41, 5.74) is 1.73. The van der Waals surface area contributed by atoms with Crippen LogP contribution in [0.5, 0.6) is 5.75 Å². The van der Waals surface area contributed by atoms with Crippen LogP contribution >= 0.6 is 24.0 Å². The number of nitrogens with zero attached hydrogens (tertiary/aromatic N) is 4. The van der Waals surface area contributed by atoms with Crippen LogP contribution in [0, 0.1) is 0 Å². The van der Waals surface area contributed by atoms with Gasteiger partial charge >= 0.3 is 0 Å². The molecule has 1 aromatic carbocycles. The number of hydrogen-bond acceptors (Lipinski definition) is 5. The highest BCUT2D eigenvalue weighted by Crippen LogP contribution is 2.22. The van der Waals surface area contributed by atoms with E-state index in [1.54, 1.807) is 38.7 Å². The number of nitrogens with one attached hydrogen (secondary N) is 2. The molecule has 2 heterocycles. The number of ether oxygens (including phenoxy) is 1. The van der Waals surface area contributed by atoms with E-state index in [4.69, 9.17) is 4.74 Å². The molecule has 0 bridgehead atoms. The fraction of sp³-hybridized carbons (Fsp3) is 0.381. The number of carbonyl (C=O) groups excluding carboxylic acids is 1. The molecule has 3 rings (SSSR count). The number of halogens is 1. The van der Waals surface area contributed by atoms with Gasteiger partial charge in [0.15, 0.2) is 5.96 Å². The fourth-order valence-corrected chi connectivity index (χ4v) is 3.27. The minimum atomic E-state index is -0.123. The van der Waals surface area contributed by atoms with Crippen LogP contribution < -0.4 is 20.3 Å². The first-order chi connectivity index (χ1) is 14.2. The highest BCUT2D eigenvalue weighted by Gasteiger charge is 2.20. The number of rotatable bonds is 6. The Bertz CT molecular complexity index is 825. The maximum absolute atomic E-state index is 12.0. The molecule has 1 fully saturated rings. The average molecular weight is 524 g/mol. The van der Waals surface area contributed by atoms with Crippen LogP contribution in [0.15, 0.2) is 53.8 Å². The number of aliphatic imine (C=N–C) groups is 1. The van der Waals surface area contributed by atoms with Crippen molar-refractivity contribution in [2.24, 2.45) is 4.99 Å². The molecule has 1 saturated heterocycles. The van der Waals surface area contributed by atoms with Gasteiger partial charge in [0, 0.05) is 70.5 Å². The number of amides is 1. The quantitative estimate of drug-likeness (QED) is 0.260. The summed E-state index contributed by atoms with van der Waals surface area (Å²) in [4.78, 5) is 25.0. The number of carbonyl (C=O) groups is 1. The minimum Gasteiger partial charge on any atom is -0.497 e. The van der Waals surface area contributed by atoms with Gasteiger partial charge in [-0.2, -0.15) is 0 Å². The highest BCUT2D eigenvalue weighted by molar-refractivity contribution is 14.0. The molecule has 1 aliphatic rings. The Morgan fingerprint density at radius 1 is 1.13 bits per heavy atom. The van der Waals surface area contributed by atoms with Crippen molar-refractivity contribution in [3.05, 3.63) is 54.4 Å². The van der Waals surface area contributed by atoms with Crippen molar-refractivity contribution in [3.8, 4) is 5.75 Å². The molecule has 0 spiro atoms. The second-order valence-corrected chi connectivity index (χ2v) is 6.65. The monoisotopic (exact) mass is 524 g/mol. The smallest absolute Gasteiger partial charge is 0.252 e. The van der Waals surface area contributed by atoms with Crippen molar-refractivity contribution in [1.29, 1.82) is 0 Å². The number of aromatic nitrogens is 1. The molecule has 2 N–H and O–H groups in total. The normalized spacial score (nSPS) is 14.0. The molecule has 30 heavy (non-hydrogen) atoms. The molecule has 0 atom stereocenters. The number of guanidine groups is 1. The van der Waals surface area contributed by atoms with Crippen molar-refractivity contribution in [1.82, 2.24) is 20.5 Å². The third kappa shape index (κ3) is 6.48. The lowest BCUT2D eigenvalue weighted by molar-refractivity contribution is 0.0954. The molecule has 1 aromatic heterocycles. The van der Waals surface area contributed by atoms with E-state index >= 15 is 0 Å². The van der Waals surface area contributed by atoms with E-state index in [-0.39, 0.29) is 29.9 Å². The van der Waals surface area contributed by atoms with Crippen LogP contribution in [0.1, 0.15) is 10.4 Å². The number of benzene rings is 1. The standard InChI is InChI=1S/C21H28N6O2.HI/c1-22-21(25-10-9-24-20(28)17-5-4-8-23-16-17)27-13-11-26(12-14-27)18-6-3-7-19(15-18)29-2;/h3-8,15-16H,9-14H2,1-2H3,(H,22,25)(H,24,28);1H. The Balaban J connectivity index is 0.00000320. The summed E-state index contributed by atoms with van der Waals surface area (Å²) in [5, 5.41) is 6.21. The van der Waals surface area contributed by atoms with Gasteiger partial charge in [0.2, 0.25) is 0 Å². The van der Waals surface area contributed by atoms with E-state index in [1.165, 1.54) is 5.69 Å². The number of methoxy groups -OCH3 is 1. The fourth-order valence-electron chi connectivity index (χ4n) is 3.27. The summed E-state index contributed by atoms with van der Waals surface area (Å²) >= 11 is 0. The molecular formula is C21H29IN6O2. The van der Waals surface area contributed by atoms with E-state index in [0.29, 0.717) is 18.7 Å². The topological polar surface area (TPSA) is 82.1 Å². The van der Waals surface area contributed by atoms with Crippen LogP contribution in [0.2, 0.25) is 0 Å². The Kier molecular flexibility index (Phi) is 9.65. The molecule has 8 nitrogen and oxygen atoms in total. The molecule has 0 unspecified atom stereocenters. The largest absolute Gasteiger partial charge is 0.497 e. The van der Waals surface area contributed by atoms with Crippen LogP contribution in [0.25, 0.3) is 0 Å². The van der Waals surface area contributed by atoms with Crippen LogP contribution in [0.4, 0.5) is 5.69 Å². The van der Waals surface area contributed by atoms with Gasteiger partial charge in [-0.3, -0.25) is 14.8 Å². The molecular weight excluding hydrogens is 495 g/mol. The van der Waals surface area contributed by atoms with Crippen molar-refractivity contribution in [3.63, 3.8) is 0 Å². The van der Waals surface area contributed by atoms with Crippen molar-refractivity contribution < 1.29 is 9.53 Å². The van der Waals surface area contributed by atoms with E-state index in [0.717, 1.165) is 37.9 Å². The summed E-state index contributed by atoms with van der Waals surface area (Å²) < 4.78 is 5.32. The first-order valence-corrected chi connectivity index (χ1v) is 9.74. The SMILES string of the molecule is CN=C(NCCNC(=O)c1cccnc1)N1CCN(c2cccc(OC)c2)CC1.I. The molecule has 1 amide bonds. The Hall–Kier alpha value is -2.56. The highest BCUT2D eigenvalue weighted by atomic mass is 127. The average Bonchev–Trinajstić information content (AvgIpc) is 2.80. The maximum Gasteiger partial charge on any atom is 0.252 e. The van der Waals surface area contributed by atoms with Gasteiger partial charge in [-0.15, -0.1) is 24.0 Å². The zero-order chi connectivity index (χ0) is 20.5. The van der Waals surface area contributed by atoms with Gasteiger partial charge < -0.3 is 25.2 Å². The van der Waals surface area contributed by atoms with Gasteiger partial charge in [-0.05, 0) is 24.3 Å². The van der Waals surface area contributed by atoms with Crippen LogP contribution in [0.3, 0.4) is 0 Å². The molecule has 9 heteroatoms. The van der Waals surface area contributed by atoms with E-state index < -0.39 is 0 Å². The lowest BCUT2D eigenvalue weighted by Crippen LogP contribution is -2.53. The summed E-state index contributed by atoms with van der Waals surface area (Å²) in [7, 11) is 3.47. The number of pyridine rings is 1. The molecule has 2 aromatic rings. The third-order valence-corrected chi connectivity index (χ3v) is 4.83. The van der Waals surface area contributed by atoms with Gasteiger partial charge in [-0.25, -0.2) is 0 Å². The van der Waals surface area contributed by atoms with Gasteiger partial charge in [-0.1, -0.05) is 6.07 Å². The third-order valence-electron chi connectivity index (χ3n) is 4.83.